The number of aryl methyl sites for hydroxylation is 1. The van der Waals surface area contributed by atoms with Crippen LogP contribution in [-0.2, 0) is 15.1 Å². The molecule has 1 saturated carbocycles. The van der Waals surface area contributed by atoms with E-state index in [0.29, 0.717) is 18.7 Å². The second-order valence-corrected chi connectivity index (χ2v) is 7.13. The second-order valence-electron chi connectivity index (χ2n) is 7.13. The summed E-state index contributed by atoms with van der Waals surface area (Å²) in [7, 11) is 0. The maximum Gasteiger partial charge on any atom is 0.343 e. The first kappa shape index (κ1) is 19.9. The molecule has 0 radical (unpaired) electrons. The quantitative estimate of drug-likeness (QED) is 0.729. The number of carbonyl (C=O) groups is 1. The fraction of sp³-hybridized carbons (Fsp3) is 0.667. The van der Waals surface area contributed by atoms with Crippen LogP contribution in [0.1, 0.15) is 57.1 Å². The first-order valence-electron chi connectivity index (χ1n) is 9.71. The number of nitrogens with zero attached hydrogens (tertiary/aromatic N) is 1. The molecule has 0 amide bonds. The predicted molar refractivity (Wildman–Crippen MR) is 100 cm³/mol. The van der Waals surface area contributed by atoms with Gasteiger partial charge in [-0.2, -0.15) is 0 Å². The van der Waals surface area contributed by atoms with E-state index in [1.807, 2.05) is 31.2 Å². The minimum absolute atomic E-state index is 0.0649. The zero-order valence-corrected chi connectivity index (χ0v) is 16.0. The van der Waals surface area contributed by atoms with Crippen molar-refractivity contribution >= 4 is 5.97 Å². The van der Waals surface area contributed by atoms with Gasteiger partial charge < -0.3 is 14.7 Å². The number of likely N-dealkylation sites (N-methyl/N-ethyl adjacent to an activating group) is 1. The molecule has 0 aliphatic heterocycles. The fourth-order valence-corrected chi connectivity index (χ4v) is 3.77. The van der Waals surface area contributed by atoms with Crippen LogP contribution in [-0.4, -0.2) is 42.2 Å². The van der Waals surface area contributed by atoms with E-state index in [9.17, 15) is 9.90 Å². The molecule has 1 aromatic carbocycles. The van der Waals surface area contributed by atoms with E-state index in [4.69, 9.17) is 4.74 Å². The number of hydrogen-bond donors (Lipinski definition) is 1. The summed E-state index contributed by atoms with van der Waals surface area (Å²) in [4.78, 5) is 15.1. The molecule has 0 saturated heterocycles. The van der Waals surface area contributed by atoms with Crippen LogP contribution in [0.4, 0.5) is 0 Å². The molecule has 2 rings (SSSR count). The Morgan fingerprint density at radius 3 is 2.32 bits per heavy atom. The van der Waals surface area contributed by atoms with Crippen molar-refractivity contribution in [2.24, 2.45) is 5.92 Å². The number of rotatable bonds is 8. The Balaban J connectivity index is 2.15. The molecule has 4 heteroatoms. The lowest BCUT2D eigenvalue weighted by molar-refractivity contribution is -0.176. The normalized spacial score (nSPS) is 18.1. The summed E-state index contributed by atoms with van der Waals surface area (Å²) in [6.45, 7) is 9.07. The highest BCUT2D eigenvalue weighted by Crippen LogP contribution is 2.40. The maximum atomic E-state index is 12.9. The number of hydrogen-bond acceptors (Lipinski definition) is 4. The monoisotopic (exact) mass is 347 g/mol. The van der Waals surface area contributed by atoms with E-state index in [1.54, 1.807) is 0 Å². The van der Waals surface area contributed by atoms with Gasteiger partial charge in [0.15, 0.2) is 5.60 Å². The topological polar surface area (TPSA) is 49.8 Å². The Morgan fingerprint density at radius 2 is 1.76 bits per heavy atom. The van der Waals surface area contributed by atoms with Gasteiger partial charge in [-0.05, 0) is 38.4 Å². The van der Waals surface area contributed by atoms with Crippen LogP contribution in [0.5, 0.6) is 0 Å². The van der Waals surface area contributed by atoms with Gasteiger partial charge in [0.25, 0.3) is 0 Å². The van der Waals surface area contributed by atoms with Gasteiger partial charge >= 0.3 is 5.97 Å². The number of esters is 1. The van der Waals surface area contributed by atoms with Gasteiger partial charge in [0.1, 0.15) is 6.61 Å². The van der Waals surface area contributed by atoms with Crippen LogP contribution in [0.3, 0.4) is 0 Å². The average Bonchev–Trinajstić information content (AvgIpc) is 2.65. The lowest BCUT2D eigenvalue weighted by Crippen LogP contribution is -2.45. The van der Waals surface area contributed by atoms with Crippen LogP contribution in [0.2, 0.25) is 0 Å². The van der Waals surface area contributed by atoms with Crippen LogP contribution in [0.15, 0.2) is 24.3 Å². The molecule has 0 unspecified atom stereocenters. The lowest BCUT2D eigenvalue weighted by atomic mass is 9.73. The van der Waals surface area contributed by atoms with Crippen LogP contribution < -0.4 is 0 Å². The standard InChI is InChI=1S/C21H33NO3/c1-4-22(5-2)15-16-25-20(23)21(24,18-9-7-6-8-10-18)19-13-11-17(3)12-14-19/h11-14,18,24H,4-10,15-16H2,1-3H3/t21-/m1/s1. The largest absolute Gasteiger partial charge is 0.462 e. The third kappa shape index (κ3) is 4.83. The number of benzene rings is 1. The molecule has 1 N–H and O–H groups in total. The lowest BCUT2D eigenvalue weighted by Gasteiger charge is -2.37. The predicted octanol–water partition coefficient (Wildman–Crippen LogP) is 3.65. The van der Waals surface area contributed by atoms with Gasteiger partial charge in [0, 0.05) is 12.5 Å². The van der Waals surface area contributed by atoms with Crippen molar-refractivity contribution in [3.63, 3.8) is 0 Å². The van der Waals surface area contributed by atoms with Crippen LogP contribution in [0, 0.1) is 12.8 Å². The molecule has 25 heavy (non-hydrogen) atoms. The average molecular weight is 347 g/mol. The molecule has 4 nitrogen and oxygen atoms in total. The molecule has 1 atom stereocenters. The number of carbonyl (C=O) groups excluding carboxylic acids is 1. The van der Waals surface area contributed by atoms with E-state index in [2.05, 4.69) is 18.7 Å². The van der Waals surface area contributed by atoms with Crippen LogP contribution >= 0.6 is 0 Å². The fourth-order valence-electron chi connectivity index (χ4n) is 3.77. The Bertz CT molecular complexity index is 533. The molecule has 0 heterocycles. The second kappa shape index (κ2) is 9.35. The summed E-state index contributed by atoms with van der Waals surface area (Å²) in [5.74, 6) is -0.555. The van der Waals surface area contributed by atoms with Crippen molar-refractivity contribution in [1.29, 1.82) is 0 Å². The minimum Gasteiger partial charge on any atom is -0.462 e. The van der Waals surface area contributed by atoms with Gasteiger partial charge in [0.05, 0.1) is 0 Å². The van der Waals surface area contributed by atoms with Crippen molar-refractivity contribution in [1.82, 2.24) is 4.90 Å². The summed E-state index contributed by atoms with van der Waals surface area (Å²) in [5.41, 5.74) is 0.250. The molecule has 140 valence electrons. The maximum absolute atomic E-state index is 12.9. The highest BCUT2D eigenvalue weighted by molar-refractivity contribution is 5.81. The summed E-state index contributed by atoms with van der Waals surface area (Å²) in [6.07, 6.45) is 5.04. The molecule has 1 aliphatic rings. The smallest absolute Gasteiger partial charge is 0.343 e. The third-order valence-corrected chi connectivity index (χ3v) is 5.53. The molecule has 1 fully saturated rings. The summed E-state index contributed by atoms with van der Waals surface area (Å²) < 4.78 is 5.55. The van der Waals surface area contributed by atoms with Gasteiger partial charge in [-0.3, -0.25) is 0 Å². The van der Waals surface area contributed by atoms with E-state index < -0.39 is 11.6 Å². The van der Waals surface area contributed by atoms with Crippen LogP contribution in [0.25, 0.3) is 0 Å². The molecular formula is C21H33NO3. The van der Waals surface area contributed by atoms with E-state index >= 15 is 0 Å². The summed E-state index contributed by atoms with van der Waals surface area (Å²) in [5, 5.41) is 11.5. The highest BCUT2D eigenvalue weighted by atomic mass is 16.5. The molecule has 1 aromatic rings. The zero-order chi connectivity index (χ0) is 18.3. The van der Waals surface area contributed by atoms with Crippen molar-refractivity contribution in [2.75, 3.05) is 26.2 Å². The first-order chi connectivity index (χ1) is 12.0. The van der Waals surface area contributed by atoms with E-state index in [1.165, 1.54) is 6.42 Å². The Labute approximate surface area is 152 Å². The SMILES string of the molecule is CCN(CC)CCOC(=O)[C@](O)(c1ccc(C)cc1)C1CCCCC1. The summed E-state index contributed by atoms with van der Waals surface area (Å²) >= 11 is 0. The van der Waals surface area contributed by atoms with Crippen molar-refractivity contribution in [3.8, 4) is 0 Å². The van der Waals surface area contributed by atoms with Crippen molar-refractivity contribution in [2.45, 2.75) is 58.5 Å². The number of aliphatic hydroxyl groups is 1. The van der Waals surface area contributed by atoms with Crippen molar-refractivity contribution in [3.05, 3.63) is 35.4 Å². The van der Waals surface area contributed by atoms with Gasteiger partial charge in [-0.15, -0.1) is 0 Å². The first-order valence-corrected chi connectivity index (χ1v) is 9.71. The van der Waals surface area contributed by atoms with Gasteiger partial charge in [-0.1, -0.05) is 62.9 Å². The minimum atomic E-state index is -1.53. The molecule has 0 bridgehead atoms. The third-order valence-electron chi connectivity index (χ3n) is 5.53. The summed E-state index contributed by atoms with van der Waals surface area (Å²) in [6, 6.07) is 7.64. The molecule has 1 aliphatic carbocycles. The van der Waals surface area contributed by atoms with Gasteiger partial charge in [-0.25, -0.2) is 4.79 Å². The van der Waals surface area contributed by atoms with E-state index in [-0.39, 0.29) is 5.92 Å². The van der Waals surface area contributed by atoms with Gasteiger partial charge in [0.2, 0.25) is 0 Å². The molecule has 0 spiro atoms. The van der Waals surface area contributed by atoms with E-state index in [0.717, 1.165) is 44.3 Å². The van der Waals surface area contributed by atoms with Crippen molar-refractivity contribution < 1.29 is 14.6 Å². The number of ether oxygens (including phenoxy) is 1. The molecular weight excluding hydrogens is 314 g/mol. The Morgan fingerprint density at radius 1 is 1.16 bits per heavy atom. The zero-order valence-electron chi connectivity index (χ0n) is 16.0. The highest BCUT2D eigenvalue weighted by Gasteiger charge is 2.47. The Hall–Kier alpha value is -1.39. The Kier molecular flexibility index (Phi) is 7.45. The molecule has 0 aromatic heterocycles.